The summed E-state index contributed by atoms with van der Waals surface area (Å²) < 4.78 is 5.39. The van der Waals surface area contributed by atoms with Gasteiger partial charge < -0.3 is 9.84 Å². The number of methoxy groups -OCH3 is 1. The lowest BCUT2D eigenvalue weighted by atomic mass is 9.96. The molecule has 2 aromatic carbocycles. The van der Waals surface area contributed by atoms with Crippen LogP contribution in [0.25, 0.3) is 11.1 Å². The molecule has 0 heterocycles. The molecule has 1 N–H and O–H groups in total. The lowest BCUT2D eigenvalue weighted by Crippen LogP contribution is -2.16. The molecule has 0 aliphatic heterocycles. The van der Waals surface area contributed by atoms with Gasteiger partial charge in [0.2, 0.25) is 4.38 Å². The molecule has 0 aliphatic carbocycles. The van der Waals surface area contributed by atoms with Crippen LogP contribution in [0.2, 0.25) is 0 Å². The molecule has 23 heavy (non-hydrogen) atoms. The van der Waals surface area contributed by atoms with Crippen molar-refractivity contribution in [2.45, 2.75) is 18.1 Å². The zero-order valence-electron chi connectivity index (χ0n) is 12.8. The van der Waals surface area contributed by atoms with Gasteiger partial charge in [-0.25, -0.2) is 0 Å². The number of aliphatic carboxylic acids is 1. The molecular weight excluding hydrogens is 328 g/mol. The number of thioether (sulfide) groups is 1. The van der Waals surface area contributed by atoms with E-state index >= 15 is 0 Å². The number of ether oxygens (including phenoxy) is 1. The molecule has 0 saturated heterocycles. The van der Waals surface area contributed by atoms with Crippen molar-refractivity contribution < 1.29 is 14.6 Å². The molecule has 0 aromatic heterocycles. The Labute approximate surface area is 145 Å². The third-order valence-electron chi connectivity index (χ3n) is 3.38. The van der Waals surface area contributed by atoms with Crippen molar-refractivity contribution in [3.63, 3.8) is 0 Å². The van der Waals surface area contributed by atoms with E-state index in [4.69, 9.17) is 22.1 Å². The first-order valence-corrected chi connectivity index (χ1v) is 8.48. The van der Waals surface area contributed by atoms with Crippen molar-refractivity contribution in [3.05, 3.63) is 60.2 Å². The molecule has 2 rings (SSSR count). The molecule has 0 bridgehead atoms. The number of hydrogen-bond acceptors (Lipinski definition) is 4. The van der Waals surface area contributed by atoms with Gasteiger partial charge in [0.15, 0.2) is 0 Å². The van der Waals surface area contributed by atoms with Crippen molar-refractivity contribution in [1.29, 1.82) is 0 Å². The molecule has 0 radical (unpaired) electrons. The van der Waals surface area contributed by atoms with Crippen LogP contribution in [0, 0.1) is 0 Å². The van der Waals surface area contributed by atoms with Crippen molar-refractivity contribution in [2.75, 3.05) is 7.11 Å². The fourth-order valence-corrected chi connectivity index (χ4v) is 3.64. The zero-order valence-corrected chi connectivity index (χ0v) is 14.4. The van der Waals surface area contributed by atoms with Gasteiger partial charge in [-0.3, -0.25) is 4.79 Å². The Bertz CT molecular complexity index is 671. The third-order valence-corrected chi connectivity index (χ3v) is 4.86. The van der Waals surface area contributed by atoms with E-state index in [0.717, 1.165) is 16.7 Å². The molecule has 0 saturated carbocycles. The summed E-state index contributed by atoms with van der Waals surface area (Å²) in [6.45, 7) is 0. The molecule has 0 spiro atoms. The highest BCUT2D eigenvalue weighted by molar-refractivity contribution is 8.23. The standard InChI is InChI=1S/C18H18O3S2/c1-21-18(22)23-15(12-17(19)20)11-14-9-5-6-10-16(14)13-7-3-2-4-8-13/h2-10,15H,11-12H2,1H3,(H,19,20). The summed E-state index contributed by atoms with van der Waals surface area (Å²) in [6.07, 6.45) is 0.656. The predicted molar refractivity (Wildman–Crippen MR) is 98.8 cm³/mol. The summed E-state index contributed by atoms with van der Waals surface area (Å²) >= 11 is 6.37. The second-order valence-corrected chi connectivity index (χ2v) is 6.92. The Morgan fingerprint density at radius 1 is 1.17 bits per heavy atom. The van der Waals surface area contributed by atoms with Crippen LogP contribution in [0.4, 0.5) is 0 Å². The smallest absolute Gasteiger partial charge is 0.304 e. The number of carbonyl (C=O) groups is 1. The predicted octanol–water partition coefficient (Wildman–Crippen LogP) is 4.40. The molecule has 5 heteroatoms. The first-order valence-electron chi connectivity index (χ1n) is 7.20. The average molecular weight is 346 g/mol. The van der Waals surface area contributed by atoms with E-state index in [-0.39, 0.29) is 11.7 Å². The van der Waals surface area contributed by atoms with Crippen molar-refractivity contribution >= 4 is 34.3 Å². The van der Waals surface area contributed by atoms with Crippen LogP contribution >= 0.6 is 24.0 Å². The molecular formula is C18H18O3S2. The van der Waals surface area contributed by atoms with Gasteiger partial charge in [-0.15, -0.1) is 0 Å². The fraction of sp³-hybridized carbons (Fsp3) is 0.222. The van der Waals surface area contributed by atoms with Crippen LogP contribution in [0.1, 0.15) is 12.0 Å². The van der Waals surface area contributed by atoms with Crippen molar-refractivity contribution in [3.8, 4) is 11.1 Å². The number of carboxylic acids is 1. The highest BCUT2D eigenvalue weighted by Crippen LogP contribution is 2.28. The van der Waals surface area contributed by atoms with Crippen LogP contribution in [0.3, 0.4) is 0 Å². The maximum Gasteiger partial charge on any atom is 0.304 e. The Kier molecular flexibility index (Phi) is 6.62. The molecule has 120 valence electrons. The SMILES string of the molecule is COC(=S)SC(CC(=O)O)Cc1ccccc1-c1ccccc1. The molecule has 1 unspecified atom stereocenters. The Balaban J connectivity index is 2.26. The van der Waals surface area contributed by atoms with Gasteiger partial charge in [0, 0.05) is 5.25 Å². The summed E-state index contributed by atoms with van der Waals surface area (Å²) in [5.74, 6) is -0.835. The highest BCUT2D eigenvalue weighted by atomic mass is 32.2. The summed E-state index contributed by atoms with van der Waals surface area (Å²) in [6, 6.07) is 18.1. The minimum absolute atomic E-state index is 0.0390. The van der Waals surface area contributed by atoms with Gasteiger partial charge in [0.1, 0.15) is 0 Å². The monoisotopic (exact) mass is 346 g/mol. The van der Waals surface area contributed by atoms with Crippen LogP contribution in [-0.4, -0.2) is 27.8 Å². The maximum atomic E-state index is 11.1. The van der Waals surface area contributed by atoms with Crippen LogP contribution in [-0.2, 0) is 16.0 Å². The van der Waals surface area contributed by atoms with E-state index in [0.29, 0.717) is 10.8 Å². The summed E-state index contributed by atoms with van der Waals surface area (Å²) in [5.41, 5.74) is 3.35. The maximum absolute atomic E-state index is 11.1. The van der Waals surface area contributed by atoms with Crippen LogP contribution < -0.4 is 0 Å². The Morgan fingerprint density at radius 3 is 2.48 bits per heavy atom. The third kappa shape index (κ3) is 5.37. The summed E-state index contributed by atoms with van der Waals surface area (Å²) in [4.78, 5) is 11.1. The van der Waals surface area contributed by atoms with Crippen molar-refractivity contribution in [1.82, 2.24) is 0 Å². The van der Waals surface area contributed by atoms with Gasteiger partial charge >= 0.3 is 5.97 Å². The molecule has 0 amide bonds. The molecule has 3 nitrogen and oxygen atoms in total. The molecule has 2 aromatic rings. The lowest BCUT2D eigenvalue weighted by Gasteiger charge is -2.17. The van der Waals surface area contributed by atoms with Gasteiger partial charge in [-0.1, -0.05) is 66.4 Å². The minimum Gasteiger partial charge on any atom is -0.482 e. The average Bonchev–Trinajstić information content (AvgIpc) is 2.55. The molecule has 1 atom stereocenters. The highest BCUT2D eigenvalue weighted by Gasteiger charge is 2.19. The lowest BCUT2D eigenvalue weighted by molar-refractivity contribution is -0.136. The van der Waals surface area contributed by atoms with Crippen LogP contribution in [0.15, 0.2) is 54.6 Å². The van der Waals surface area contributed by atoms with Gasteiger partial charge in [-0.2, -0.15) is 0 Å². The van der Waals surface area contributed by atoms with E-state index in [1.807, 2.05) is 36.4 Å². The quantitative estimate of drug-likeness (QED) is 0.785. The first-order chi connectivity index (χ1) is 11.1. The topological polar surface area (TPSA) is 46.5 Å². The second kappa shape index (κ2) is 8.70. The summed E-state index contributed by atoms with van der Waals surface area (Å²) in [5, 5.41) is 8.97. The summed E-state index contributed by atoms with van der Waals surface area (Å²) in [7, 11) is 1.51. The van der Waals surface area contributed by atoms with E-state index in [2.05, 4.69) is 18.2 Å². The largest absolute Gasteiger partial charge is 0.482 e. The first kappa shape index (κ1) is 17.5. The van der Waals surface area contributed by atoms with Crippen molar-refractivity contribution in [2.24, 2.45) is 0 Å². The van der Waals surface area contributed by atoms with E-state index < -0.39 is 5.97 Å². The zero-order chi connectivity index (χ0) is 16.7. The minimum atomic E-state index is -0.835. The van der Waals surface area contributed by atoms with E-state index in [1.165, 1.54) is 18.9 Å². The van der Waals surface area contributed by atoms with E-state index in [1.54, 1.807) is 0 Å². The number of carboxylic acid groups (broad SMARTS) is 1. The normalized spacial score (nSPS) is 11.7. The number of hydrogen-bond donors (Lipinski definition) is 1. The van der Waals surface area contributed by atoms with Gasteiger partial charge in [-0.05, 0) is 35.3 Å². The van der Waals surface area contributed by atoms with Crippen LogP contribution in [0.5, 0.6) is 0 Å². The fourth-order valence-electron chi connectivity index (χ4n) is 2.38. The number of thiocarbonyl (C=S) groups is 1. The van der Waals surface area contributed by atoms with E-state index in [9.17, 15) is 4.79 Å². The van der Waals surface area contributed by atoms with Gasteiger partial charge in [0.25, 0.3) is 0 Å². The molecule has 0 aliphatic rings. The Morgan fingerprint density at radius 2 is 1.83 bits per heavy atom. The number of benzene rings is 2. The second-order valence-electron chi connectivity index (χ2n) is 5.02. The number of rotatable bonds is 6. The molecule has 0 fully saturated rings. The van der Waals surface area contributed by atoms with Gasteiger partial charge in [0.05, 0.1) is 13.5 Å². The Hall–Kier alpha value is -1.85.